The SMILES string of the molecule is C[C@H](NC(=O)OCc1ccccc1)C(=O)N[C@@H](CCC(=O)OC(C)(C)C)C(=O)O. The molecule has 2 amide bonds. The van der Waals surface area contributed by atoms with Gasteiger partial charge in [-0.2, -0.15) is 0 Å². The summed E-state index contributed by atoms with van der Waals surface area (Å²) in [6.45, 7) is 6.53. The maximum Gasteiger partial charge on any atom is 0.408 e. The summed E-state index contributed by atoms with van der Waals surface area (Å²) in [5, 5.41) is 13.9. The Balaban J connectivity index is 2.47. The molecule has 0 aliphatic rings. The van der Waals surface area contributed by atoms with Crippen LogP contribution >= 0.6 is 0 Å². The lowest BCUT2D eigenvalue weighted by molar-refractivity contribution is -0.155. The normalized spacial score (nSPS) is 13.0. The van der Waals surface area contributed by atoms with E-state index in [0.717, 1.165) is 5.56 Å². The number of aliphatic carboxylic acids is 1. The third-order valence-corrected chi connectivity index (χ3v) is 3.61. The van der Waals surface area contributed by atoms with E-state index in [1.165, 1.54) is 6.92 Å². The summed E-state index contributed by atoms with van der Waals surface area (Å²) in [6, 6.07) is 6.68. The van der Waals surface area contributed by atoms with E-state index in [0.29, 0.717) is 0 Å². The molecule has 1 aromatic carbocycles. The van der Waals surface area contributed by atoms with Crippen LogP contribution in [0.4, 0.5) is 4.79 Å². The van der Waals surface area contributed by atoms with Crippen molar-refractivity contribution in [1.82, 2.24) is 10.6 Å². The zero-order chi connectivity index (χ0) is 22.0. The molecule has 3 N–H and O–H groups in total. The zero-order valence-electron chi connectivity index (χ0n) is 17.1. The number of hydrogen-bond donors (Lipinski definition) is 3. The van der Waals surface area contributed by atoms with E-state index in [9.17, 15) is 24.3 Å². The summed E-state index contributed by atoms with van der Waals surface area (Å²) in [5.74, 6) is -2.56. The van der Waals surface area contributed by atoms with Crippen LogP contribution in [0.5, 0.6) is 0 Å². The first kappa shape index (κ1) is 23.9. The molecule has 0 aromatic heterocycles. The molecule has 1 rings (SSSR count). The third-order valence-electron chi connectivity index (χ3n) is 3.61. The van der Waals surface area contributed by atoms with Crippen molar-refractivity contribution in [2.45, 2.75) is 64.8 Å². The van der Waals surface area contributed by atoms with E-state index in [1.54, 1.807) is 45.0 Å². The molecule has 0 radical (unpaired) electrons. The molecule has 0 bridgehead atoms. The Morgan fingerprint density at radius 2 is 1.69 bits per heavy atom. The van der Waals surface area contributed by atoms with Crippen LogP contribution in [-0.2, 0) is 30.5 Å². The van der Waals surface area contributed by atoms with Gasteiger partial charge in [0.25, 0.3) is 0 Å². The number of carbonyl (C=O) groups excluding carboxylic acids is 3. The molecule has 160 valence electrons. The molecule has 0 spiro atoms. The van der Waals surface area contributed by atoms with Crippen molar-refractivity contribution in [3.63, 3.8) is 0 Å². The number of amides is 2. The molecular weight excluding hydrogens is 380 g/mol. The van der Waals surface area contributed by atoms with Crippen molar-refractivity contribution < 1.29 is 33.8 Å². The summed E-state index contributed by atoms with van der Waals surface area (Å²) in [5.41, 5.74) is 0.102. The molecule has 0 saturated carbocycles. The number of rotatable bonds is 9. The van der Waals surface area contributed by atoms with Crippen LogP contribution < -0.4 is 10.6 Å². The molecule has 9 heteroatoms. The molecule has 0 saturated heterocycles. The molecule has 0 unspecified atom stereocenters. The third kappa shape index (κ3) is 10.1. The van der Waals surface area contributed by atoms with Gasteiger partial charge in [0, 0.05) is 6.42 Å². The number of hydrogen-bond acceptors (Lipinski definition) is 6. The number of alkyl carbamates (subject to hydrolysis) is 1. The highest BCUT2D eigenvalue weighted by Gasteiger charge is 2.26. The second kappa shape index (κ2) is 11.0. The number of benzene rings is 1. The topological polar surface area (TPSA) is 131 Å². The lowest BCUT2D eigenvalue weighted by Crippen LogP contribution is -2.50. The average molecular weight is 408 g/mol. The fraction of sp³-hybridized carbons (Fsp3) is 0.500. The molecule has 0 aliphatic carbocycles. The van der Waals surface area contributed by atoms with E-state index in [2.05, 4.69) is 10.6 Å². The molecule has 0 heterocycles. The van der Waals surface area contributed by atoms with Gasteiger partial charge in [-0.05, 0) is 39.7 Å². The molecule has 0 fully saturated rings. The minimum Gasteiger partial charge on any atom is -0.480 e. The second-order valence-corrected chi connectivity index (χ2v) is 7.45. The molecule has 0 aliphatic heterocycles. The smallest absolute Gasteiger partial charge is 0.408 e. The lowest BCUT2D eigenvalue weighted by atomic mass is 10.1. The first-order chi connectivity index (χ1) is 13.5. The van der Waals surface area contributed by atoms with Gasteiger partial charge in [-0.3, -0.25) is 9.59 Å². The molecule has 29 heavy (non-hydrogen) atoms. The lowest BCUT2D eigenvalue weighted by Gasteiger charge is -2.21. The summed E-state index contributed by atoms with van der Waals surface area (Å²) in [7, 11) is 0. The van der Waals surface area contributed by atoms with E-state index in [4.69, 9.17) is 9.47 Å². The van der Waals surface area contributed by atoms with Crippen molar-refractivity contribution >= 4 is 23.9 Å². The predicted molar refractivity (Wildman–Crippen MR) is 104 cm³/mol. The van der Waals surface area contributed by atoms with Gasteiger partial charge in [-0.25, -0.2) is 9.59 Å². The highest BCUT2D eigenvalue weighted by molar-refractivity contribution is 5.89. The first-order valence-corrected chi connectivity index (χ1v) is 9.20. The van der Waals surface area contributed by atoms with Gasteiger partial charge in [0.1, 0.15) is 24.3 Å². The van der Waals surface area contributed by atoms with Crippen LogP contribution in [0.2, 0.25) is 0 Å². The minimum atomic E-state index is -1.29. The van der Waals surface area contributed by atoms with Crippen molar-refractivity contribution in [2.75, 3.05) is 0 Å². The first-order valence-electron chi connectivity index (χ1n) is 9.20. The van der Waals surface area contributed by atoms with E-state index < -0.39 is 41.6 Å². The number of esters is 1. The number of nitrogens with one attached hydrogen (secondary N) is 2. The summed E-state index contributed by atoms with van der Waals surface area (Å²) in [4.78, 5) is 47.1. The van der Waals surface area contributed by atoms with Crippen LogP contribution in [0, 0.1) is 0 Å². The van der Waals surface area contributed by atoms with Crippen molar-refractivity contribution in [3.8, 4) is 0 Å². The minimum absolute atomic E-state index is 0.0364. The highest BCUT2D eigenvalue weighted by Crippen LogP contribution is 2.10. The fourth-order valence-corrected chi connectivity index (χ4v) is 2.22. The van der Waals surface area contributed by atoms with Crippen molar-refractivity contribution in [3.05, 3.63) is 35.9 Å². The van der Waals surface area contributed by atoms with E-state index in [-0.39, 0.29) is 19.4 Å². The standard InChI is InChI=1S/C20H28N2O7/c1-13(21-19(27)28-12-14-8-6-5-7-9-14)17(24)22-15(18(25)26)10-11-16(23)29-20(2,3)4/h5-9,13,15H,10-12H2,1-4H3,(H,21,27)(H,22,24)(H,25,26)/t13-,15-/m0/s1. The van der Waals surface area contributed by atoms with Gasteiger partial charge < -0.3 is 25.2 Å². The average Bonchev–Trinajstić information content (AvgIpc) is 2.62. The Kier molecular flexibility index (Phi) is 9.11. The largest absolute Gasteiger partial charge is 0.480 e. The quantitative estimate of drug-likeness (QED) is 0.533. The van der Waals surface area contributed by atoms with Gasteiger partial charge in [0.05, 0.1) is 0 Å². The fourth-order valence-electron chi connectivity index (χ4n) is 2.22. The van der Waals surface area contributed by atoms with Crippen molar-refractivity contribution in [1.29, 1.82) is 0 Å². The Bertz CT molecular complexity index is 713. The van der Waals surface area contributed by atoms with Gasteiger partial charge in [-0.1, -0.05) is 30.3 Å². The van der Waals surface area contributed by atoms with Crippen LogP contribution in [0.1, 0.15) is 46.1 Å². The van der Waals surface area contributed by atoms with E-state index in [1.807, 2.05) is 6.07 Å². The maximum atomic E-state index is 12.2. The number of carbonyl (C=O) groups is 4. The maximum absolute atomic E-state index is 12.2. The number of carboxylic acids is 1. The number of ether oxygens (including phenoxy) is 2. The van der Waals surface area contributed by atoms with Crippen LogP contribution in [0.3, 0.4) is 0 Å². The predicted octanol–water partition coefficient (Wildman–Crippen LogP) is 1.99. The Morgan fingerprint density at radius 3 is 2.24 bits per heavy atom. The zero-order valence-corrected chi connectivity index (χ0v) is 17.1. The molecular formula is C20H28N2O7. The Morgan fingerprint density at radius 1 is 1.07 bits per heavy atom. The van der Waals surface area contributed by atoms with Crippen LogP contribution in [-0.4, -0.2) is 46.7 Å². The number of carboxylic acid groups (broad SMARTS) is 1. The van der Waals surface area contributed by atoms with Gasteiger partial charge in [-0.15, -0.1) is 0 Å². The van der Waals surface area contributed by atoms with Crippen LogP contribution in [0.25, 0.3) is 0 Å². The summed E-state index contributed by atoms with van der Waals surface area (Å²) >= 11 is 0. The highest BCUT2D eigenvalue weighted by atomic mass is 16.6. The van der Waals surface area contributed by atoms with Gasteiger partial charge in [0.15, 0.2) is 0 Å². The summed E-state index contributed by atoms with van der Waals surface area (Å²) < 4.78 is 10.1. The van der Waals surface area contributed by atoms with E-state index >= 15 is 0 Å². The monoisotopic (exact) mass is 408 g/mol. The van der Waals surface area contributed by atoms with Gasteiger partial charge in [0.2, 0.25) is 5.91 Å². The molecule has 9 nitrogen and oxygen atoms in total. The second-order valence-electron chi connectivity index (χ2n) is 7.45. The van der Waals surface area contributed by atoms with Gasteiger partial charge >= 0.3 is 18.0 Å². The molecule has 1 aromatic rings. The Hall–Kier alpha value is -3.10. The Labute approximate surface area is 169 Å². The van der Waals surface area contributed by atoms with Crippen LogP contribution in [0.15, 0.2) is 30.3 Å². The summed E-state index contributed by atoms with van der Waals surface area (Å²) in [6.07, 6.45) is -1.12. The molecule has 2 atom stereocenters. The van der Waals surface area contributed by atoms with Crippen molar-refractivity contribution in [2.24, 2.45) is 0 Å².